The second-order valence-corrected chi connectivity index (χ2v) is 5.60. The molecule has 0 aromatic carbocycles. The van der Waals surface area contributed by atoms with Crippen molar-refractivity contribution in [2.24, 2.45) is 5.92 Å². The van der Waals surface area contributed by atoms with E-state index < -0.39 is 5.97 Å². The molecule has 6 nitrogen and oxygen atoms in total. The van der Waals surface area contributed by atoms with Crippen molar-refractivity contribution in [2.45, 2.75) is 52.4 Å². The van der Waals surface area contributed by atoms with Crippen LogP contribution in [0, 0.1) is 5.92 Å². The number of carbonyl (C=O) groups is 1. The van der Waals surface area contributed by atoms with Crippen LogP contribution in [0.25, 0.3) is 0 Å². The third kappa shape index (κ3) is 4.12. The van der Waals surface area contributed by atoms with Crippen molar-refractivity contribution in [3.8, 4) is 0 Å². The van der Waals surface area contributed by atoms with Crippen LogP contribution in [0.5, 0.6) is 0 Å². The van der Waals surface area contributed by atoms with Crippen molar-refractivity contribution < 1.29 is 9.90 Å². The van der Waals surface area contributed by atoms with E-state index in [1.165, 1.54) is 0 Å². The normalized spacial score (nSPS) is 18.8. The van der Waals surface area contributed by atoms with E-state index in [0.717, 1.165) is 56.6 Å². The van der Waals surface area contributed by atoms with Crippen molar-refractivity contribution in [3.63, 3.8) is 0 Å². The van der Waals surface area contributed by atoms with Gasteiger partial charge in [-0.1, -0.05) is 13.8 Å². The minimum atomic E-state index is -0.717. The van der Waals surface area contributed by atoms with Crippen LogP contribution < -0.4 is 4.90 Å². The highest BCUT2D eigenvalue weighted by atomic mass is 16.4. The molecule has 1 unspecified atom stereocenters. The molecule has 0 radical (unpaired) electrons. The lowest BCUT2D eigenvalue weighted by Crippen LogP contribution is -2.37. The summed E-state index contributed by atoms with van der Waals surface area (Å²) in [6.45, 7) is 5.91. The molecule has 1 aliphatic rings. The molecule has 0 aliphatic carbocycles. The van der Waals surface area contributed by atoms with Gasteiger partial charge >= 0.3 is 5.97 Å². The first-order chi connectivity index (χ1) is 10.1. The van der Waals surface area contributed by atoms with E-state index in [0.29, 0.717) is 11.9 Å². The topological polar surface area (TPSA) is 79.2 Å². The largest absolute Gasteiger partial charge is 0.481 e. The first kappa shape index (κ1) is 15.7. The lowest BCUT2D eigenvalue weighted by molar-refractivity contribution is -0.137. The van der Waals surface area contributed by atoms with Crippen molar-refractivity contribution in [3.05, 3.63) is 11.4 Å². The van der Waals surface area contributed by atoms with E-state index in [4.69, 9.17) is 5.11 Å². The zero-order valence-electron chi connectivity index (χ0n) is 12.9. The molecule has 2 heterocycles. The van der Waals surface area contributed by atoms with Gasteiger partial charge in [-0.05, 0) is 38.0 Å². The Hall–Kier alpha value is -1.72. The maximum Gasteiger partial charge on any atom is 0.303 e. The van der Waals surface area contributed by atoms with Crippen LogP contribution >= 0.6 is 0 Å². The Kier molecular flexibility index (Phi) is 5.47. The molecule has 2 rings (SSSR count). The number of nitrogens with zero attached hydrogens (tertiary/aromatic N) is 4. The number of aromatic nitrogens is 3. The van der Waals surface area contributed by atoms with Gasteiger partial charge in [-0.15, -0.1) is 5.10 Å². The maximum atomic E-state index is 10.7. The zero-order chi connectivity index (χ0) is 15.2. The molecule has 0 bridgehead atoms. The van der Waals surface area contributed by atoms with Crippen LogP contribution in [0.2, 0.25) is 0 Å². The quantitative estimate of drug-likeness (QED) is 0.864. The first-order valence-corrected chi connectivity index (χ1v) is 7.83. The van der Waals surface area contributed by atoms with Gasteiger partial charge in [0.15, 0.2) is 0 Å². The van der Waals surface area contributed by atoms with Gasteiger partial charge in [0.1, 0.15) is 0 Å². The Morgan fingerprint density at radius 1 is 1.29 bits per heavy atom. The van der Waals surface area contributed by atoms with Gasteiger partial charge in [-0.25, -0.2) is 4.98 Å². The predicted octanol–water partition coefficient (Wildman–Crippen LogP) is 2.08. The van der Waals surface area contributed by atoms with Gasteiger partial charge in [-0.3, -0.25) is 4.79 Å². The highest BCUT2D eigenvalue weighted by Gasteiger charge is 2.23. The van der Waals surface area contributed by atoms with Crippen LogP contribution in [0.15, 0.2) is 0 Å². The van der Waals surface area contributed by atoms with Gasteiger partial charge in [-0.2, -0.15) is 5.10 Å². The summed E-state index contributed by atoms with van der Waals surface area (Å²) in [6.07, 6.45) is 4.84. The molecule has 1 aromatic heterocycles. The Balaban J connectivity index is 2.05. The summed E-state index contributed by atoms with van der Waals surface area (Å²) in [5, 5.41) is 17.4. The lowest BCUT2D eigenvalue weighted by atomic mass is 9.93. The molecular formula is C15H24N4O2. The summed E-state index contributed by atoms with van der Waals surface area (Å²) in [5.41, 5.74) is 2.00. The molecule has 0 saturated carbocycles. The molecule has 0 amide bonds. The molecular weight excluding hydrogens is 268 g/mol. The fourth-order valence-corrected chi connectivity index (χ4v) is 2.87. The summed E-state index contributed by atoms with van der Waals surface area (Å²) in [7, 11) is 0. The van der Waals surface area contributed by atoms with Gasteiger partial charge < -0.3 is 10.0 Å². The van der Waals surface area contributed by atoms with Crippen LogP contribution in [0.4, 0.5) is 5.95 Å². The average Bonchev–Trinajstić information content (AvgIpc) is 2.52. The van der Waals surface area contributed by atoms with Crippen molar-refractivity contribution in [1.29, 1.82) is 0 Å². The van der Waals surface area contributed by atoms with Gasteiger partial charge in [0.2, 0.25) is 5.95 Å². The number of piperidine rings is 1. The summed E-state index contributed by atoms with van der Waals surface area (Å²) in [6, 6.07) is 0. The molecule has 1 N–H and O–H groups in total. The summed E-state index contributed by atoms with van der Waals surface area (Å²) < 4.78 is 0. The van der Waals surface area contributed by atoms with Gasteiger partial charge in [0.05, 0.1) is 11.4 Å². The monoisotopic (exact) mass is 292 g/mol. The van der Waals surface area contributed by atoms with Crippen LogP contribution in [0.1, 0.15) is 50.9 Å². The van der Waals surface area contributed by atoms with Gasteiger partial charge in [0, 0.05) is 19.5 Å². The summed E-state index contributed by atoms with van der Waals surface area (Å²) >= 11 is 0. The van der Waals surface area contributed by atoms with Crippen LogP contribution in [0.3, 0.4) is 0 Å². The third-order valence-corrected chi connectivity index (χ3v) is 4.07. The lowest BCUT2D eigenvalue weighted by Gasteiger charge is -2.32. The maximum absolute atomic E-state index is 10.7. The Morgan fingerprint density at radius 3 is 2.71 bits per heavy atom. The van der Waals surface area contributed by atoms with E-state index in [9.17, 15) is 4.79 Å². The van der Waals surface area contributed by atoms with E-state index in [-0.39, 0.29) is 6.42 Å². The molecule has 21 heavy (non-hydrogen) atoms. The number of aryl methyl sites for hydroxylation is 2. The SMILES string of the molecule is CCc1nnc(N2CCCC(CCC(=O)O)C2)nc1CC. The number of hydrogen-bond acceptors (Lipinski definition) is 5. The van der Waals surface area contributed by atoms with Crippen molar-refractivity contribution in [2.75, 3.05) is 18.0 Å². The number of rotatable bonds is 6. The highest BCUT2D eigenvalue weighted by molar-refractivity contribution is 5.66. The summed E-state index contributed by atoms with van der Waals surface area (Å²) in [5.74, 6) is 0.393. The van der Waals surface area contributed by atoms with Crippen molar-refractivity contribution >= 4 is 11.9 Å². The van der Waals surface area contributed by atoms with Crippen LogP contribution in [-0.4, -0.2) is 39.3 Å². The standard InChI is InChI=1S/C15H24N4O2/c1-3-12-13(4-2)17-18-15(16-12)19-9-5-6-11(10-19)7-8-14(20)21/h11H,3-10H2,1-2H3,(H,20,21). The Labute approximate surface area is 125 Å². The summed E-state index contributed by atoms with van der Waals surface area (Å²) in [4.78, 5) is 17.5. The number of anilines is 1. The zero-order valence-corrected chi connectivity index (χ0v) is 12.9. The van der Waals surface area contributed by atoms with Gasteiger partial charge in [0.25, 0.3) is 0 Å². The second-order valence-electron chi connectivity index (χ2n) is 5.60. The molecule has 1 saturated heterocycles. The fourth-order valence-electron chi connectivity index (χ4n) is 2.87. The fraction of sp³-hybridized carbons (Fsp3) is 0.733. The molecule has 0 spiro atoms. The number of carboxylic acid groups (broad SMARTS) is 1. The second kappa shape index (κ2) is 7.33. The number of hydrogen-bond donors (Lipinski definition) is 1. The van der Waals surface area contributed by atoms with Crippen molar-refractivity contribution in [1.82, 2.24) is 15.2 Å². The number of aliphatic carboxylic acids is 1. The molecule has 1 atom stereocenters. The molecule has 116 valence electrons. The third-order valence-electron chi connectivity index (χ3n) is 4.07. The van der Waals surface area contributed by atoms with E-state index in [1.807, 2.05) is 0 Å². The molecule has 1 aromatic rings. The van der Waals surface area contributed by atoms with E-state index in [2.05, 4.69) is 33.9 Å². The predicted molar refractivity (Wildman–Crippen MR) is 80.4 cm³/mol. The Bertz CT molecular complexity index is 493. The van der Waals surface area contributed by atoms with E-state index in [1.54, 1.807) is 0 Å². The van der Waals surface area contributed by atoms with Crippen LogP contribution in [-0.2, 0) is 17.6 Å². The highest BCUT2D eigenvalue weighted by Crippen LogP contribution is 2.24. The average molecular weight is 292 g/mol. The Morgan fingerprint density at radius 2 is 2.05 bits per heavy atom. The minimum Gasteiger partial charge on any atom is -0.481 e. The van der Waals surface area contributed by atoms with E-state index >= 15 is 0 Å². The molecule has 6 heteroatoms. The molecule has 1 fully saturated rings. The first-order valence-electron chi connectivity index (χ1n) is 7.83. The smallest absolute Gasteiger partial charge is 0.303 e. The molecule has 1 aliphatic heterocycles. The minimum absolute atomic E-state index is 0.243. The number of carboxylic acids is 1.